The van der Waals surface area contributed by atoms with Crippen LogP contribution in [0.5, 0.6) is 0 Å². The topological polar surface area (TPSA) is 41.1 Å². The van der Waals surface area contributed by atoms with Gasteiger partial charge in [0.25, 0.3) is 0 Å². The van der Waals surface area contributed by atoms with Gasteiger partial charge in [0.15, 0.2) is 0 Å². The molecule has 0 bridgehead atoms. The number of halogens is 3. The van der Waals surface area contributed by atoms with Gasteiger partial charge in [-0.05, 0) is 12.3 Å². The number of hydrogen-bond acceptors (Lipinski definition) is 2. The SMILES string of the molecule is CC(C)CCNC(=O)CNCCC(F)(F)F. The van der Waals surface area contributed by atoms with Crippen LogP contribution < -0.4 is 10.6 Å². The molecule has 16 heavy (non-hydrogen) atoms. The van der Waals surface area contributed by atoms with E-state index in [1.807, 2.05) is 13.8 Å². The van der Waals surface area contributed by atoms with Crippen LogP contribution in [0.2, 0.25) is 0 Å². The highest BCUT2D eigenvalue weighted by Crippen LogP contribution is 2.17. The highest BCUT2D eigenvalue weighted by atomic mass is 19.4. The number of carbonyl (C=O) groups excluding carboxylic acids is 1. The van der Waals surface area contributed by atoms with Crippen LogP contribution in [0.1, 0.15) is 26.7 Å². The first-order valence-electron chi connectivity index (χ1n) is 5.35. The minimum atomic E-state index is -4.17. The quantitative estimate of drug-likeness (QED) is 0.665. The van der Waals surface area contributed by atoms with Crippen LogP contribution in [0.4, 0.5) is 13.2 Å². The molecule has 1 amide bonds. The van der Waals surface area contributed by atoms with E-state index in [0.717, 1.165) is 6.42 Å². The molecule has 0 unspecified atom stereocenters. The molecule has 0 rings (SSSR count). The fourth-order valence-corrected chi connectivity index (χ4v) is 0.995. The van der Waals surface area contributed by atoms with E-state index in [1.165, 1.54) is 0 Å². The molecule has 0 spiro atoms. The average molecular weight is 240 g/mol. The lowest BCUT2D eigenvalue weighted by molar-refractivity contribution is -0.134. The number of nitrogens with one attached hydrogen (secondary N) is 2. The Morgan fingerprint density at radius 1 is 1.25 bits per heavy atom. The molecule has 3 nitrogen and oxygen atoms in total. The summed E-state index contributed by atoms with van der Waals surface area (Å²) in [4.78, 5) is 11.1. The standard InChI is InChI=1S/C10H19F3N2O/c1-8(2)3-5-15-9(16)7-14-6-4-10(11,12)13/h8,14H,3-7H2,1-2H3,(H,15,16). The Morgan fingerprint density at radius 3 is 2.38 bits per heavy atom. The van der Waals surface area contributed by atoms with Gasteiger partial charge in [0.1, 0.15) is 0 Å². The lowest BCUT2D eigenvalue weighted by atomic mass is 10.1. The smallest absolute Gasteiger partial charge is 0.355 e. The molecular formula is C10H19F3N2O. The fourth-order valence-electron chi connectivity index (χ4n) is 0.995. The summed E-state index contributed by atoms with van der Waals surface area (Å²) in [7, 11) is 0. The Balaban J connectivity index is 3.38. The highest BCUT2D eigenvalue weighted by Gasteiger charge is 2.25. The van der Waals surface area contributed by atoms with E-state index in [2.05, 4.69) is 10.6 Å². The summed E-state index contributed by atoms with van der Waals surface area (Å²) < 4.78 is 35.2. The van der Waals surface area contributed by atoms with Gasteiger partial charge in [0, 0.05) is 13.1 Å². The van der Waals surface area contributed by atoms with Gasteiger partial charge in [-0.2, -0.15) is 13.2 Å². The Labute approximate surface area is 93.8 Å². The number of alkyl halides is 3. The van der Waals surface area contributed by atoms with Gasteiger partial charge < -0.3 is 10.6 Å². The van der Waals surface area contributed by atoms with Crippen molar-refractivity contribution in [3.05, 3.63) is 0 Å². The third-order valence-corrected chi connectivity index (χ3v) is 1.91. The first-order valence-corrected chi connectivity index (χ1v) is 5.35. The minimum Gasteiger partial charge on any atom is -0.355 e. The Hall–Kier alpha value is -0.780. The molecule has 0 aliphatic carbocycles. The van der Waals surface area contributed by atoms with Gasteiger partial charge >= 0.3 is 6.18 Å². The highest BCUT2D eigenvalue weighted by molar-refractivity contribution is 5.77. The maximum Gasteiger partial charge on any atom is 0.390 e. The summed E-state index contributed by atoms with van der Waals surface area (Å²) in [6.07, 6.45) is -4.21. The molecule has 2 N–H and O–H groups in total. The molecule has 0 aliphatic rings. The number of carbonyl (C=O) groups is 1. The van der Waals surface area contributed by atoms with Gasteiger partial charge in [-0.15, -0.1) is 0 Å². The van der Waals surface area contributed by atoms with Crippen molar-refractivity contribution < 1.29 is 18.0 Å². The van der Waals surface area contributed by atoms with Crippen molar-refractivity contribution in [1.29, 1.82) is 0 Å². The molecule has 0 fully saturated rings. The Bertz CT molecular complexity index is 205. The molecule has 6 heteroatoms. The molecule has 0 atom stereocenters. The minimum absolute atomic E-state index is 0.0613. The van der Waals surface area contributed by atoms with Crippen LogP contribution in [0.3, 0.4) is 0 Å². The van der Waals surface area contributed by atoms with Gasteiger partial charge in [0.05, 0.1) is 13.0 Å². The van der Waals surface area contributed by atoms with Crippen LogP contribution in [-0.2, 0) is 4.79 Å². The Kier molecular flexibility index (Phi) is 7.12. The summed E-state index contributed by atoms with van der Waals surface area (Å²) in [6, 6.07) is 0. The van der Waals surface area contributed by atoms with E-state index in [9.17, 15) is 18.0 Å². The number of hydrogen-bond donors (Lipinski definition) is 2. The van der Waals surface area contributed by atoms with E-state index < -0.39 is 12.6 Å². The molecule has 0 saturated carbocycles. The fraction of sp³-hybridized carbons (Fsp3) is 0.900. The summed E-state index contributed by atoms with van der Waals surface area (Å²) in [5, 5.41) is 5.08. The molecule has 0 radical (unpaired) electrons. The molecule has 0 aliphatic heterocycles. The molecular weight excluding hydrogens is 221 g/mol. The first kappa shape index (κ1) is 15.2. The largest absolute Gasteiger partial charge is 0.390 e. The number of rotatable bonds is 7. The normalized spacial score (nSPS) is 11.9. The molecule has 96 valence electrons. The molecule has 0 aromatic rings. The van der Waals surface area contributed by atoms with Gasteiger partial charge in [-0.25, -0.2) is 0 Å². The van der Waals surface area contributed by atoms with Crippen LogP contribution in [-0.4, -0.2) is 31.7 Å². The van der Waals surface area contributed by atoms with Gasteiger partial charge in [-0.1, -0.05) is 13.8 Å². The van der Waals surface area contributed by atoms with Crippen molar-refractivity contribution in [3.8, 4) is 0 Å². The third kappa shape index (κ3) is 11.3. The maximum atomic E-state index is 11.7. The predicted molar refractivity (Wildman–Crippen MR) is 56.0 cm³/mol. The summed E-state index contributed by atoms with van der Waals surface area (Å²) in [6.45, 7) is 4.36. The van der Waals surface area contributed by atoms with Crippen molar-refractivity contribution in [1.82, 2.24) is 10.6 Å². The predicted octanol–water partition coefficient (Wildman–Crippen LogP) is 1.69. The Morgan fingerprint density at radius 2 is 1.88 bits per heavy atom. The molecule has 0 aromatic carbocycles. The molecule has 0 aromatic heterocycles. The summed E-state index contributed by atoms with van der Waals surface area (Å²) >= 11 is 0. The second kappa shape index (κ2) is 7.49. The first-order chi connectivity index (χ1) is 7.31. The summed E-state index contributed by atoms with van der Waals surface area (Å²) in [5.74, 6) is 0.237. The zero-order chi connectivity index (χ0) is 12.6. The number of amides is 1. The van der Waals surface area contributed by atoms with Crippen molar-refractivity contribution in [2.45, 2.75) is 32.9 Å². The van der Waals surface area contributed by atoms with E-state index >= 15 is 0 Å². The lowest BCUT2D eigenvalue weighted by Crippen LogP contribution is -2.36. The molecule has 0 saturated heterocycles. The van der Waals surface area contributed by atoms with E-state index in [4.69, 9.17) is 0 Å². The van der Waals surface area contributed by atoms with E-state index in [1.54, 1.807) is 0 Å². The zero-order valence-electron chi connectivity index (χ0n) is 9.66. The summed E-state index contributed by atoms with van der Waals surface area (Å²) in [5.41, 5.74) is 0. The van der Waals surface area contributed by atoms with Crippen molar-refractivity contribution >= 4 is 5.91 Å². The van der Waals surface area contributed by atoms with Crippen LogP contribution in [0.25, 0.3) is 0 Å². The van der Waals surface area contributed by atoms with E-state index in [0.29, 0.717) is 12.5 Å². The van der Waals surface area contributed by atoms with Crippen molar-refractivity contribution in [2.75, 3.05) is 19.6 Å². The average Bonchev–Trinajstić information content (AvgIpc) is 2.10. The maximum absolute atomic E-state index is 11.7. The van der Waals surface area contributed by atoms with E-state index in [-0.39, 0.29) is 19.0 Å². The second-order valence-electron chi connectivity index (χ2n) is 4.07. The van der Waals surface area contributed by atoms with Gasteiger partial charge in [0.2, 0.25) is 5.91 Å². The van der Waals surface area contributed by atoms with Crippen molar-refractivity contribution in [3.63, 3.8) is 0 Å². The zero-order valence-corrected chi connectivity index (χ0v) is 9.66. The van der Waals surface area contributed by atoms with Crippen molar-refractivity contribution in [2.24, 2.45) is 5.92 Å². The van der Waals surface area contributed by atoms with Gasteiger partial charge in [-0.3, -0.25) is 4.79 Å². The molecule has 0 heterocycles. The van der Waals surface area contributed by atoms with Crippen LogP contribution >= 0.6 is 0 Å². The monoisotopic (exact) mass is 240 g/mol. The lowest BCUT2D eigenvalue weighted by Gasteiger charge is -2.09. The second-order valence-corrected chi connectivity index (χ2v) is 4.07. The van der Waals surface area contributed by atoms with Crippen LogP contribution in [0.15, 0.2) is 0 Å². The van der Waals surface area contributed by atoms with Crippen LogP contribution in [0, 0.1) is 5.92 Å². The third-order valence-electron chi connectivity index (χ3n) is 1.91.